The standard InChI is InChI=1S/C18H23N3O2/c19-12-13-3-1-4-16(11-13)20-14-6-8-15(9-7-14)21-18(22)17-5-2-10-23-17/h6-9,13,16-17,20H,1-5,10-11H2,(H,21,22)/t13-,16+,17-/m1/s1. The minimum absolute atomic E-state index is 0.0626. The summed E-state index contributed by atoms with van der Waals surface area (Å²) in [6.45, 7) is 0.673. The number of ether oxygens (including phenoxy) is 1. The van der Waals surface area contributed by atoms with Crippen LogP contribution in [0.3, 0.4) is 0 Å². The van der Waals surface area contributed by atoms with Crippen molar-refractivity contribution in [3.05, 3.63) is 24.3 Å². The Morgan fingerprint density at radius 1 is 1.13 bits per heavy atom. The number of nitrogens with zero attached hydrogens (tertiary/aromatic N) is 1. The number of benzene rings is 1. The molecule has 3 atom stereocenters. The Labute approximate surface area is 137 Å². The van der Waals surface area contributed by atoms with Crippen molar-refractivity contribution < 1.29 is 9.53 Å². The number of amides is 1. The molecule has 2 aliphatic rings. The summed E-state index contributed by atoms with van der Waals surface area (Å²) >= 11 is 0. The lowest BCUT2D eigenvalue weighted by molar-refractivity contribution is -0.124. The molecule has 23 heavy (non-hydrogen) atoms. The second-order valence-corrected chi connectivity index (χ2v) is 6.40. The first kappa shape index (κ1) is 15.8. The monoisotopic (exact) mass is 313 g/mol. The first-order valence-corrected chi connectivity index (χ1v) is 8.43. The van der Waals surface area contributed by atoms with E-state index >= 15 is 0 Å². The van der Waals surface area contributed by atoms with Crippen LogP contribution in [0.15, 0.2) is 24.3 Å². The summed E-state index contributed by atoms with van der Waals surface area (Å²) in [6, 6.07) is 10.5. The van der Waals surface area contributed by atoms with Crippen LogP contribution in [0.1, 0.15) is 38.5 Å². The van der Waals surface area contributed by atoms with Gasteiger partial charge in [0.1, 0.15) is 6.10 Å². The van der Waals surface area contributed by atoms with Gasteiger partial charge in [-0.2, -0.15) is 5.26 Å². The van der Waals surface area contributed by atoms with Gasteiger partial charge in [0.25, 0.3) is 5.91 Å². The van der Waals surface area contributed by atoms with Crippen molar-refractivity contribution in [2.24, 2.45) is 5.92 Å². The highest BCUT2D eigenvalue weighted by atomic mass is 16.5. The van der Waals surface area contributed by atoms with E-state index in [9.17, 15) is 4.79 Å². The van der Waals surface area contributed by atoms with Crippen molar-refractivity contribution in [3.63, 3.8) is 0 Å². The molecule has 0 spiro atoms. The van der Waals surface area contributed by atoms with E-state index in [4.69, 9.17) is 10.00 Å². The first-order chi connectivity index (χ1) is 11.2. The van der Waals surface area contributed by atoms with Crippen molar-refractivity contribution in [3.8, 4) is 6.07 Å². The van der Waals surface area contributed by atoms with Crippen LogP contribution in [-0.4, -0.2) is 24.7 Å². The molecule has 1 aromatic rings. The number of nitrogens with one attached hydrogen (secondary N) is 2. The fraction of sp³-hybridized carbons (Fsp3) is 0.556. The first-order valence-electron chi connectivity index (χ1n) is 8.43. The third kappa shape index (κ3) is 4.23. The number of hydrogen-bond acceptors (Lipinski definition) is 4. The molecule has 0 unspecified atom stereocenters. The van der Waals surface area contributed by atoms with E-state index in [0.717, 1.165) is 49.9 Å². The van der Waals surface area contributed by atoms with Gasteiger partial charge in [-0.25, -0.2) is 0 Å². The average Bonchev–Trinajstić information content (AvgIpc) is 3.11. The number of nitriles is 1. The van der Waals surface area contributed by atoms with E-state index < -0.39 is 0 Å². The SMILES string of the molecule is N#C[C@@H]1CCC[C@H](Nc2ccc(NC(=O)[C@H]3CCCO3)cc2)C1. The Hall–Kier alpha value is -2.06. The lowest BCUT2D eigenvalue weighted by Crippen LogP contribution is -2.27. The van der Waals surface area contributed by atoms with Crippen LogP contribution >= 0.6 is 0 Å². The van der Waals surface area contributed by atoms with Gasteiger partial charge >= 0.3 is 0 Å². The molecule has 1 aliphatic heterocycles. The number of anilines is 2. The van der Waals surface area contributed by atoms with Crippen LogP contribution in [0, 0.1) is 17.2 Å². The highest BCUT2D eigenvalue weighted by Gasteiger charge is 2.24. The van der Waals surface area contributed by atoms with Crippen LogP contribution in [0.25, 0.3) is 0 Å². The van der Waals surface area contributed by atoms with Crippen molar-refractivity contribution in [1.82, 2.24) is 0 Å². The molecule has 0 bridgehead atoms. The Bertz CT molecular complexity index is 573. The largest absolute Gasteiger partial charge is 0.382 e. The quantitative estimate of drug-likeness (QED) is 0.894. The minimum Gasteiger partial charge on any atom is -0.382 e. The lowest BCUT2D eigenvalue weighted by Gasteiger charge is -2.27. The molecule has 1 amide bonds. The van der Waals surface area contributed by atoms with Crippen molar-refractivity contribution in [1.29, 1.82) is 5.26 Å². The molecule has 5 nitrogen and oxygen atoms in total. The Morgan fingerprint density at radius 3 is 2.61 bits per heavy atom. The number of carbonyl (C=O) groups is 1. The molecule has 1 saturated carbocycles. The van der Waals surface area contributed by atoms with Gasteiger partial charge < -0.3 is 15.4 Å². The van der Waals surface area contributed by atoms with Crippen LogP contribution in [0.2, 0.25) is 0 Å². The smallest absolute Gasteiger partial charge is 0.253 e. The van der Waals surface area contributed by atoms with E-state index in [1.165, 1.54) is 0 Å². The number of hydrogen-bond donors (Lipinski definition) is 2. The average molecular weight is 313 g/mol. The molecule has 0 radical (unpaired) electrons. The maximum absolute atomic E-state index is 12.0. The molecule has 122 valence electrons. The van der Waals surface area contributed by atoms with Gasteiger partial charge in [0.05, 0.1) is 6.07 Å². The van der Waals surface area contributed by atoms with Crippen molar-refractivity contribution >= 4 is 17.3 Å². The fourth-order valence-electron chi connectivity index (χ4n) is 3.33. The normalized spacial score (nSPS) is 27.2. The molecule has 3 rings (SSSR count). The molecular weight excluding hydrogens is 290 g/mol. The Balaban J connectivity index is 1.52. The maximum atomic E-state index is 12.0. The summed E-state index contributed by atoms with van der Waals surface area (Å²) in [4.78, 5) is 12.0. The Morgan fingerprint density at radius 2 is 1.91 bits per heavy atom. The molecule has 5 heteroatoms. The summed E-state index contributed by atoms with van der Waals surface area (Å²) < 4.78 is 5.38. The third-order valence-electron chi connectivity index (χ3n) is 4.60. The molecule has 0 aromatic heterocycles. The van der Waals surface area contributed by atoms with E-state index in [1.807, 2.05) is 24.3 Å². The second-order valence-electron chi connectivity index (χ2n) is 6.40. The van der Waals surface area contributed by atoms with Gasteiger partial charge in [-0.15, -0.1) is 0 Å². The van der Waals surface area contributed by atoms with E-state index in [-0.39, 0.29) is 17.9 Å². The fourth-order valence-corrected chi connectivity index (χ4v) is 3.33. The molecule has 1 aromatic carbocycles. The number of rotatable bonds is 4. The zero-order valence-electron chi connectivity index (χ0n) is 13.3. The van der Waals surface area contributed by atoms with Crippen LogP contribution in [0.4, 0.5) is 11.4 Å². The van der Waals surface area contributed by atoms with Crippen molar-refractivity contribution in [2.75, 3.05) is 17.2 Å². The molecule has 1 heterocycles. The summed E-state index contributed by atoms with van der Waals surface area (Å²) in [7, 11) is 0. The predicted octanol–water partition coefficient (Wildman–Crippen LogP) is 3.30. The molecule has 1 aliphatic carbocycles. The molecule has 1 saturated heterocycles. The summed E-state index contributed by atoms with van der Waals surface area (Å²) in [5.74, 6) is 0.110. The minimum atomic E-state index is -0.307. The Kier molecular flexibility index (Phi) is 5.14. The van der Waals surface area contributed by atoms with Crippen LogP contribution in [0.5, 0.6) is 0 Å². The summed E-state index contributed by atoms with van der Waals surface area (Å²) in [5, 5.41) is 15.4. The number of carbonyl (C=O) groups excluding carboxylic acids is 1. The van der Waals surface area contributed by atoms with Gasteiger partial charge in [-0.1, -0.05) is 6.42 Å². The maximum Gasteiger partial charge on any atom is 0.253 e. The van der Waals surface area contributed by atoms with Crippen LogP contribution in [-0.2, 0) is 9.53 Å². The van der Waals surface area contributed by atoms with Gasteiger partial charge in [-0.05, 0) is 56.4 Å². The summed E-state index contributed by atoms with van der Waals surface area (Å²) in [5.41, 5.74) is 1.82. The van der Waals surface area contributed by atoms with E-state index in [2.05, 4.69) is 16.7 Å². The summed E-state index contributed by atoms with van der Waals surface area (Å²) in [6.07, 6.45) is 5.58. The van der Waals surface area contributed by atoms with Gasteiger partial charge in [-0.3, -0.25) is 4.79 Å². The highest BCUT2D eigenvalue weighted by Crippen LogP contribution is 2.26. The van der Waals surface area contributed by atoms with Crippen LogP contribution < -0.4 is 10.6 Å². The van der Waals surface area contributed by atoms with E-state index in [1.54, 1.807) is 0 Å². The van der Waals surface area contributed by atoms with Crippen molar-refractivity contribution in [2.45, 2.75) is 50.7 Å². The zero-order chi connectivity index (χ0) is 16.1. The van der Waals surface area contributed by atoms with Gasteiger partial charge in [0.2, 0.25) is 0 Å². The van der Waals surface area contributed by atoms with Gasteiger partial charge in [0, 0.05) is 29.9 Å². The second kappa shape index (κ2) is 7.47. The predicted molar refractivity (Wildman–Crippen MR) is 89.0 cm³/mol. The highest BCUT2D eigenvalue weighted by molar-refractivity contribution is 5.94. The topological polar surface area (TPSA) is 74.2 Å². The van der Waals surface area contributed by atoms with E-state index in [0.29, 0.717) is 12.6 Å². The lowest BCUT2D eigenvalue weighted by atomic mass is 9.86. The molecule has 2 N–H and O–H groups in total. The molecular formula is C18H23N3O2. The zero-order valence-corrected chi connectivity index (χ0v) is 13.3. The third-order valence-corrected chi connectivity index (χ3v) is 4.60. The molecule has 2 fully saturated rings. The van der Waals surface area contributed by atoms with Gasteiger partial charge in [0.15, 0.2) is 0 Å².